The van der Waals surface area contributed by atoms with E-state index in [1.165, 1.54) is 5.56 Å². The fourth-order valence-electron chi connectivity index (χ4n) is 3.00. The molecule has 4 rings (SSSR count). The van der Waals surface area contributed by atoms with Crippen LogP contribution in [0.3, 0.4) is 0 Å². The minimum absolute atomic E-state index is 0.636. The molecule has 1 aliphatic rings. The number of hydrogen-bond donors (Lipinski definition) is 2. The van der Waals surface area contributed by atoms with Crippen molar-refractivity contribution in [3.05, 3.63) is 66.1 Å². The molecule has 0 saturated carbocycles. The van der Waals surface area contributed by atoms with E-state index in [1.54, 1.807) is 7.11 Å². The highest BCUT2D eigenvalue weighted by atomic mass is 16.5. The lowest BCUT2D eigenvalue weighted by Gasteiger charge is -2.34. The number of anilines is 1. The van der Waals surface area contributed by atoms with E-state index in [0.717, 1.165) is 22.6 Å². The summed E-state index contributed by atoms with van der Waals surface area (Å²) in [5.41, 5.74) is 11.5. The number of nitrogens with zero attached hydrogens (tertiary/aromatic N) is 2. The highest BCUT2D eigenvalue weighted by Gasteiger charge is 2.38. The van der Waals surface area contributed by atoms with Gasteiger partial charge in [0.25, 0.3) is 5.85 Å². The van der Waals surface area contributed by atoms with Crippen LogP contribution in [0.2, 0.25) is 0 Å². The summed E-state index contributed by atoms with van der Waals surface area (Å²) in [7, 11) is 1.58. The van der Waals surface area contributed by atoms with Gasteiger partial charge in [0.2, 0.25) is 0 Å². The van der Waals surface area contributed by atoms with Crippen LogP contribution < -0.4 is 11.1 Å². The fraction of sp³-hybridized carbons (Fsp3) is 0.167. The number of imidazole rings is 1. The molecular formula is C18H18N4O. The van der Waals surface area contributed by atoms with E-state index < -0.39 is 5.85 Å². The molecule has 0 radical (unpaired) electrons. The average Bonchev–Trinajstić information content (AvgIpc) is 3.02. The molecule has 0 amide bonds. The molecule has 3 aromatic rings. The minimum atomic E-state index is -1.16. The summed E-state index contributed by atoms with van der Waals surface area (Å²) in [6, 6.07) is 16.1. The quantitative estimate of drug-likeness (QED) is 0.714. The minimum Gasteiger partial charge on any atom is -0.340 e. The second kappa shape index (κ2) is 4.94. The fourth-order valence-corrected chi connectivity index (χ4v) is 3.00. The molecule has 0 saturated heterocycles. The number of methoxy groups -OCH3 is 1. The van der Waals surface area contributed by atoms with Crippen LogP contribution in [-0.4, -0.2) is 16.7 Å². The molecule has 0 spiro atoms. The van der Waals surface area contributed by atoms with E-state index in [-0.39, 0.29) is 0 Å². The smallest absolute Gasteiger partial charge is 0.254 e. The summed E-state index contributed by atoms with van der Waals surface area (Å²) in [5, 5.41) is 3.23. The van der Waals surface area contributed by atoms with Gasteiger partial charge in [0.1, 0.15) is 0 Å². The third-order valence-corrected chi connectivity index (χ3v) is 4.27. The largest absolute Gasteiger partial charge is 0.340 e. The van der Waals surface area contributed by atoms with E-state index in [1.807, 2.05) is 47.2 Å². The number of benzene rings is 2. The van der Waals surface area contributed by atoms with Crippen molar-refractivity contribution in [2.24, 2.45) is 5.73 Å². The zero-order valence-corrected chi connectivity index (χ0v) is 13.1. The normalized spacial score (nSPS) is 18.9. The van der Waals surface area contributed by atoms with Crippen LogP contribution in [0.1, 0.15) is 11.4 Å². The van der Waals surface area contributed by atoms with E-state index >= 15 is 0 Å². The van der Waals surface area contributed by atoms with Crippen molar-refractivity contribution >= 4 is 5.69 Å². The molecule has 5 heteroatoms. The first-order valence-electron chi connectivity index (χ1n) is 7.50. The molecule has 3 N–H and O–H groups in total. The van der Waals surface area contributed by atoms with E-state index in [4.69, 9.17) is 15.5 Å². The molecule has 0 aliphatic carbocycles. The summed E-state index contributed by atoms with van der Waals surface area (Å²) in [6.07, 6.45) is 2.01. The predicted octanol–water partition coefficient (Wildman–Crippen LogP) is 2.99. The molecular weight excluding hydrogens is 288 g/mol. The first kappa shape index (κ1) is 14.0. The van der Waals surface area contributed by atoms with Crippen LogP contribution in [0.5, 0.6) is 0 Å². The lowest BCUT2D eigenvalue weighted by molar-refractivity contribution is 0.00569. The molecule has 2 aromatic carbocycles. The maximum absolute atomic E-state index is 6.40. The van der Waals surface area contributed by atoms with Gasteiger partial charge in [0, 0.05) is 18.9 Å². The van der Waals surface area contributed by atoms with Crippen LogP contribution in [0.25, 0.3) is 16.9 Å². The topological polar surface area (TPSA) is 65.1 Å². The maximum atomic E-state index is 6.40. The zero-order chi connectivity index (χ0) is 16.0. The number of nitrogens with two attached hydrogens (primary N) is 1. The van der Waals surface area contributed by atoms with E-state index in [2.05, 4.69) is 24.4 Å². The van der Waals surface area contributed by atoms with Crippen LogP contribution in [0, 0.1) is 6.92 Å². The SMILES string of the molecule is COC1(N)Nc2ccccc2-n2cc(-c3ccccc3C)nc21. The number of aryl methyl sites for hydroxylation is 1. The third-order valence-electron chi connectivity index (χ3n) is 4.27. The van der Waals surface area contributed by atoms with Gasteiger partial charge in [-0.1, -0.05) is 36.4 Å². The van der Waals surface area contributed by atoms with E-state index in [0.29, 0.717) is 5.82 Å². The monoisotopic (exact) mass is 306 g/mol. The van der Waals surface area contributed by atoms with Crippen molar-refractivity contribution in [3.8, 4) is 16.9 Å². The number of para-hydroxylation sites is 2. The van der Waals surface area contributed by atoms with Crippen molar-refractivity contribution < 1.29 is 4.74 Å². The molecule has 5 nitrogen and oxygen atoms in total. The Balaban J connectivity index is 1.96. The molecule has 1 unspecified atom stereocenters. The number of aromatic nitrogens is 2. The van der Waals surface area contributed by atoms with Crippen molar-refractivity contribution in [1.29, 1.82) is 0 Å². The van der Waals surface area contributed by atoms with Gasteiger partial charge in [-0.25, -0.2) is 4.98 Å². The Labute approximate surface area is 134 Å². The Bertz CT molecular complexity index is 886. The summed E-state index contributed by atoms with van der Waals surface area (Å²) < 4.78 is 7.52. The van der Waals surface area contributed by atoms with Gasteiger partial charge in [0.05, 0.1) is 17.1 Å². The Hall–Kier alpha value is -2.63. The van der Waals surface area contributed by atoms with Gasteiger partial charge < -0.3 is 10.1 Å². The standard InChI is InChI=1S/C18H18N4O/c1-12-7-3-4-8-13(12)15-11-22-16-10-6-5-9-14(16)21-18(19,23-2)17(22)20-15/h3-11,21H,19H2,1-2H3. The highest BCUT2D eigenvalue weighted by Crippen LogP contribution is 2.36. The lowest BCUT2D eigenvalue weighted by atomic mass is 10.1. The molecule has 0 bridgehead atoms. The zero-order valence-electron chi connectivity index (χ0n) is 13.1. The third kappa shape index (κ3) is 2.05. The Morgan fingerprint density at radius 2 is 1.87 bits per heavy atom. The molecule has 23 heavy (non-hydrogen) atoms. The van der Waals surface area contributed by atoms with Crippen molar-refractivity contribution in [1.82, 2.24) is 9.55 Å². The summed E-state index contributed by atoms with van der Waals surface area (Å²) in [5.74, 6) is -0.521. The highest BCUT2D eigenvalue weighted by molar-refractivity contribution is 5.69. The molecule has 1 atom stereocenters. The molecule has 1 aliphatic heterocycles. The number of ether oxygens (including phenoxy) is 1. The number of fused-ring (bicyclic) bond motifs is 3. The Morgan fingerprint density at radius 1 is 1.13 bits per heavy atom. The van der Waals surface area contributed by atoms with Crippen LogP contribution in [0.4, 0.5) is 5.69 Å². The van der Waals surface area contributed by atoms with Crippen molar-refractivity contribution in [2.75, 3.05) is 12.4 Å². The van der Waals surface area contributed by atoms with Crippen molar-refractivity contribution in [3.63, 3.8) is 0 Å². The van der Waals surface area contributed by atoms with Gasteiger partial charge in [-0.05, 0) is 24.6 Å². The van der Waals surface area contributed by atoms with Crippen LogP contribution >= 0.6 is 0 Å². The summed E-state index contributed by atoms with van der Waals surface area (Å²) in [4.78, 5) is 4.76. The van der Waals surface area contributed by atoms with Crippen molar-refractivity contribution in [2.45, 2.75) is 12.8 Å². The molecule has 116 valence electrons. The number of nitrogens with one attached hydrogen (secondary N) is 1. The molecule has 0 fully saturated rings. The first-order chi connectivity index (χ1) is 11.1. The van der Waals surface area contributed by atoms with E-state index in [9.17, 15) is 0 Å². The summed E-state index contributed by atoms with van der Waals surface area (Å²) in [6.45, 7) is 2.08. The van der Waals surface area contributed by atoms with Crippen LogP contribution in [-0.2, 0) is 10.6 Å². The van der Waals surface area contributed by atoms with Gasteiger partial charge in [-0.15, -0.1) is 0 Å². The number of rotatable bonds is 2. The van der Waals surface area contributed by atoms with Crippen LogP contribution in [0.15, 0.2) is 54.7 Å². The average molecular weight is 306 g/mol. The summed E-state index contributed by atoms with van der Waals surface area (Å²) >= 11 is 0. The second-order valence-electron chi connectivity index (χ2n) is 5.72. The Kier molecular flexibility index (Phi) is 3.01. The molecule has 2 heterocycles. The number of hydrogen-bond acceptors (Lipinski definition) is 4. The molecule has 1 aromatic heterocycles. The Morgan fingerprint density at radius 3 is 2.65 bits per heavy atom. The predicted molar refractivity (Wildman–Crippen MR) is 90.2 cm³/mol. The second-order valence-corrected chi connectivity index (χ2v) is 5.72. The first-order valence-corrected chi connectivity index (χ1v) is 7.50. The van der Waals surface area contributed by atoms with Gasteiger partial charge in [0.15, 0.2) is 5.82 Å². The van der Waals surface area contributed by atoms with Gasteiger partial charge >= 0.3 is 0 Å². The lowest BCUT2D eigenvalue weighted by Crippen LogP contribution is -2.50. The van der Waals surface area contributed by atoms with Gasteiger partial charge in [-0.2, -0.15) is 0 Å². The van der Waals surface area contributed by atoms with Gasteiger partial charge in [-0.3, -0.25) is 10.3 Å². The maximum Gasteiger partial charge on any atom is 0.254 e.